The number of aromatic nitrogens is 1. The average Bonchev–Trinajstić information content (AvgIpc) is 2.75. The first-order chi connectivity index (χ1) is 8.20. The summed E-state index contributed by atoms with van der Waals surface area (Å²) in [4.78, 5) is 4.21. The monoisotopic (exact) mass is 269 g/mol. The lowest BCUT2D eigenvalue weighted by Crippen LogP contribution is -1.84. The largest absolute Gasteiger partial charge is 0.441 e. The Kier molecular flexibility index (Phi) is 4.08. The van der Waals surface area contributed by atoms with Gasteiger partial charge in [0.15, 0.2) is 11.7 Å². The first-order valence-corrected chi connectivity index (χ1v) is 6.39. The molecule has 0 atom stereocenters. The first-order valence-electron chi connectivity index (χ1n) is 5.48. The predicted octanol–water partition coefficient (Wildman–Crippen LogP) is 4.47. The minimum atomic E-state index is 0.614. The number of nitrogens with zero attached hydrogens (tertiary/aromatic N) is 1. The summed E-state index contributed by atoms with van der Waals surface area (Å²) in [6.45, 7) is 2.00. The normalized spacial score (nSPS) is 10.8. The third-order valence-corrected chi connectivity index (χ3v) is 3.05. The number of benzene rings is 1. The van der Waals surface area contributed by atoms with Crippen molar-refractivity contribution in [3.05, 3.63) is 40.9 Å². The molecule has 0 N–H and O–H groups in total. The Morgan fingerprint density at radius 3 is 2.88 bits per heavy atom. The summed E-state index contributed by atoms with van der Waals surface area (Å²) < 4.78 is 5.64. The highest BCUT2D eigenvalue weighted by molar-refractivity contribution is 6.33. The molecule has 0 radical (unpaired) electrons. The third kappa shape index (κ3) is 3.02. The lowest BCUT2D eigenvalue weighted by Gasteiger charge is -2.01. The van der Waals surface area contributed by atoms with Crippen LogP contribution in [0, 0.1) is 6.92 Å². The zero-order chi connectivity index (χ0) is 12.3. The Bertz CT molecular complexity index is 508. The van der Waals surface area contributed by atoms with E-state index in [1.807, 2.05) is 25.1 Å². The lowest BCUT2D eigenvalue weighted by molar-refractivity contribution is 0.503. The van der Waals surface area contributed by atoms with Crippen LogP contribution < -0.4 is 0 Å². The maximum absolute atomic E-state index is 6.17. The molecule has 0 spiro atoms. The van der Waals surface area contributed by atoms with Crippen LogP contribution in [0.25, 0.3) is 11.3 Å². The maximum atomic E-state index is 6.17. The van der Waals surface area contributed by atoms with Crippen LogP contribution in [0.2, 0.25) is 5.02 Å². The summed E-state index contributed by atoms with van der Waals surface area (Å²) in [5, 5.41) is 0.685. The van der Waals surface area contributed by atoms with Gasteiger partial charge in [-0.1, -0.05) is 17.7 Å². The molecular weight excluding hydrogens is 257 g/mol. The van der Waals surface area contributed by atoms with Crippen molar-refractivity contribution in [3.8, 4) is 11.3 Å². The number of halogens is 2. The summed E-state index contributed by atoms with van der Waals surface area (Å²) >= 11 is 11.8. The Morgan fingerprint density at radius 2 is 2.18 bits per heavy atom. The maximum Gasteiger partial charge on any atom is 0.194 e. The molecule has 17 heavy (non-hydrogen) atoms. The molecular formula is C13H13Cl2NO. The summed E-state index contributed by atoms with van der Waals surface area (Å²) in [5.74, 6) is 2.03. The molecule has 0 saturated heterocycles. The van der Waals surface area contributed by atoms with Gasteiger partial charge in [0.25, 0.3) is 0 Å². The third-order valence-electron chi connectivity index (χ3n) is 2.47. The number of oxazole rings is 1. The SMILES string of the molecule is Cc1ccc(-c2cnc(CCCCl)o2)c(Cl)c1. The minimum absolute atomic E-state index is 0.614. The minimum Gasteiger partial charge on any atom is -0.441 e. The van der Waals surface area contributed by atoms with Crippen LogP contribution in [0.5, 0.6) is 0 Å². The Labute approximate surface area is 111 Å². The van der Waals surface area contributed by atoms with Crippen molar-refractivity contribution in [2.45, 2.75) is 19.8 Å². The molecule has 0 amide bonds. The van der Waals surface area contributed by atoms with Crippen molar-refractivity contribution in [2.24, 2.45) is 0 Å². The topological polar surface area (TPSA) is 26.0 Å². The molecule has 1 aromatic heterocycles. The van der Waals surface area contributed by atoms with Crippen LogP contribution in [0.15, 0.2) is 28.8 Å². The van der Waals surface area contributed by atoms with E-state index in [0.717, 1.165) is 24.0 Å². The molecule has 0 fully saturated rings. The zero-order valence-corrected chi connectivity index (χ0v) is 11.1. The molecule has 0 aliphatic rings. The fraction of sp³-hybridized carbons (Fsp3) is 0.308. The van der Waals surface area contributed by atoms with Crippen LogP contribution in [0.4, 0.5) is 0 Å². The van der Waals surface area contributed by atoms with Crippen LogP contribution in [0.1, 0.15) is 17.9 Å². The number of rotatable bonds is 4. The molecule has 0 unspecified atom stereocenters. The second-order valence-corrected chi connectivity index (χ2v) is 4.68. The fourth-order valence-corrected chi connectivity index (χ4v) is 2.05. The van der Waals surface area contributed by atoms with Crippen molar-refractivity contribution < 1.29 is 4.42 Å². The summed E-state index contributed by atoms with van der Waals surface area (Å²) in [5.41, 5.74) is 2.00. The van der Waals surface area contributed by atoms with Gasteiger partial charge in [0, 0.05) is 17.9 Å². The molecule has 0 aliphatic heterocycles. The number of alkyl halides is 1. The van der Waals surface area contributed by atoms with E-state index in [1.165, 1.54) is 0 Å². The molecule has 0 aliphatic carbocycles. The molecule has 2 nitrogen and oxygen atoms in total. The zero-order valence-electron chi connectivity index (χ0n) is 9.54. The molecule has 1 heterocycles. The van der Waals surface area contributed by atoms with Gasteiger partial charge in [-0.15, -0.1) is 11.6 Å². The van der Waals surface area contributed by atoms with Crippen molar-refractivity contribution in [2.75, 3.05) is 5.88 Å². The van der Waals surface area contributed by atoms with E-state index in [-0.39, 0.29) is 0 Å². The van der Waals surface area contributed by atoms with E-state index in [1.54, 1.807) is 6.20 Å². The average molecular weight is 270 g/mol. The second-order valence-electron chi connectivity index (χ2n) is 3.89. The van der Waals surface area contributed by atoms with Gasteiger partial charge in [-0.3, -0.25) is 0 Å². The van der Waals surface area contributed by atoms with Gasteiger partial charge in [0.1, 0.15) is 0 Å². The van der Waals surface area contributed by atoms with Crippen LogP contribution in [-0.2, 0) is 6.42 Å². The van der Waals surface area contributed by atoms with Crippen molar-refractivity contribution in [1.29, 1.82) is 0 Å². The van der Waals surface area contributed by atoms with Crippen LogP contribution in [-0.4, -0.2) is 10.9 Å². The van der Waals surface area contributed by atoms with Gasteiger partial charge >= 0.3 is 0 Å². The van der Waals surface area contributed by atoms with Gasteiger partial charge in [-0.25, -0.2) is 4.98 Å². The highest BCUT2D eigenvalue weighted by Gasteiger charge is 2.09. The highest BCUT2D eigenvalue weighted by atomic mass is 35.5. The van der Waals surface area contributed by atoms with E-state index < -0.39 is 0 Å². The van der Waals surface area contributed by atoms with Gasteiger partial charge in [0.2, 0.25) is 0 Å². The molecule has 1 aromatic carbocycles. The smallest absolute Gasteiger partial charge is 0.194 e. The van der Waals surface area contributed by atoms with Crippen molar-refractivity contribution in [1.82, 2.24) is 4.98 Å². The highest BCUT2D eigenvalue weighted by Crippen LogP contribution is 2.29. The second kappa shape index (κ2) is 5.56. The lowest BCUT2D eigenvalue weighted by atomic mass is 10.1. The van der Waals surface area contributed by atoms with Crippen molar-refractivity contribution in [3.63, 3.8) is 0 Å². The Hall–Kier alpha value is -0.990. The number of hydrogen-bond donors (Lipinski definition) is 0. The molecule has 4 heteroatoms. The molecule has 90 valence electrons. The predicted molar refractivity (Wildman–Crippen MR) is 70.7 cm³/mol. The van der Waals surface area contributed by atoms with Crippen molar-refractivity contribution >= 4 is 23.2 Å². The van der Waals surface area contributed by atoms with Gasteiger partial charge < -0.3 is 4.42 Å². The van der Waals surface area contributed by atoms with Gasteiger partial charge in [0.05, 0.1) is 11.2 Å². The van der Waals surface area contributed by atoms with E-state index in [9.17, 15) is 0 Å². The summed E-state index contributed by atoms with van der Waals surface area (Å²) in [6, 6.07) is 5.86. The number of hydrogen-bond acceptors (Lipinski definition) is 2. The Morgan fingerprint density at radius 1 is 1.35 bits per heavy atom. The van der Waals surface area contributed by atoms with E-state index >= 15 is 0 Å². The van der Waals surface area contributed by atoms with Gasteiger partial charge in [-0.05, 0) is 31.0 Å². The number of aryl methyl sites for hydroxylation is 2. The summed E-state index contributed by atoms with van der Waals surface area (Å²) in [7, 11) is 0. The standard InChI is InChI=1S/C13H13Cl2NO/c1-9-4-5-10(11(15)7-9)12-8-16-13(17-12)3-2-6-14/h4-5,7-8H,2-3,6H2,1H3. The molecule has 2 rings (SSSR count). The van der Waals surface area contributed by atoms with Crippen LogP contribution in [0.3, 0.4) is 0 Å². The molecule has 2 aromatic rings. The Balaban J connectivity index is 2.24. The fourth-order valence-electron chi connectivity index (χ4n) is 1.59. The molecule has 0 bridgehead atoms. The van der Waals surface area contributed by atoms with Gasteiger partial charge in [-0.2, -0.15) is 0 Å². The molecule has 0 saturated carbocycles. The van der Waals surface area contributed by atoms with Crippen LogP contribution >= 0.6 is 23.2 Å². The van der Waals surface area contributed by atoms with E-state index in [0.29, 0.717) is 22.6 Å². The summed E-state index contributed by atoms with van der Waals surface area (Å²) in [6.07, 6.45) is 3.33. The van der Waals surface area contributed by atoms with E-state index in [2.05, 4.69) is 4.98 Å². The van der Waals surface area contributed by atoms with E-state index in [4.69, 9.17) is 27.6 Å². The quantitative estimate of drug-likeness (QED) is 0.766. The first kappa shape index (κ1) is 12.5.